The van der Waals surface area contributed by atoms with E-state index in [9.17, 15) is 14.7 Å². The molecule has 0 heterocycles. The van der Waals surface area contributed by atoms with E-state index in [1.807, 2.05) is 0 Å². The summed E-state index contributed by atoms with van der Waals surface area (Å²) >= 11 is 0. The summed E-state index contributed by atoms with van der Waals surface area (Å²) in [6.07, 6.45) is 3.78. The largest absolute Gasteiger partial charge is 0.481 e. The molecule has 0 atom stereocenters. The topological polar surface area (TPSA) is 75.6 Å². The average Bonchev–Trinajstić information content (AvgIpc) is 2.46. The van der Waals surface area contributed by atoms with E-state index in [1.165, 1.54) is 0 Å². The molecule has 0 unspecified atom stereocenters. The Labute approximate surface area is 137 Å². The van der Waals surface area contributed by atoms with Crippen molar-refractivity contribution in [3.05, 3.63) is 29.8 Å². The third-order valence-corrected chi connectivity index (χ3v) is 4.20. The number of benzene rings is 1. The molecule has 5 heteroatoms. The van der Waals surface area contributed by atoms with E-state index in [0.717, 1.165) is 24.8 Å². The van der Waals surface area contributed by atoms with Crippen LogP contribution in [-0.2, 0) is 14.9 Å². The quantitative estimate of drug-likeness (QED) is 0.870. The third kappa shape index (κ3) is 4.24. The molecule has 0 aliphatic heterocycles. The Bertz CT molecular complexity index is 566. The molecule has 1 aliphatic carbocycles. The maximum atomic E-state index is 11.8. The second kappa shape index (κ2) is 6.60. The minimum Gasteiger partial charge on any atom is -0.481 e. The smallest absolute Gasteiger partial charge is 0.412 e. The molecule has 1 fully saturated rings. The fourth-order valence-corrected chi connectivity index (χ4v) is 3.08. The summed E-state index contributed by atoms with van der Waals surface area (Å²) < 4.78 is 5.20. The van der Waals surface area contributed by atoms with Crippen molar-refractivity contribution in [1.82, 2.24) is 0 Å². The highest BCUT2D eigenvalue weighted by Crippen LogP contribution is 2.40. The number of amides is 1. The van der Waals surface area contributed by atoms with Crippen LogP contribution in [0.2, 0.25) is 0 Å². The van der Waals surface area contributed by atoms with Crippen LogP contribution in [0.1, 0.15) is 58.4 Å². The molecule has 1 aromatic rings. The maximum absolute atomic E-state index is 11.8. The van der Waals surface area contributed by atoms with Crippen molar-refractivity contribution >= 4 is 17.7 Å². The van der Waals surface area contributed by atoms with Gasteiger partial charge in [0.2, 0.25) is 0 Å². The molecule has 0 saturated heterocycles. The summed E-state index contributed by atoms with van der Waals surface area (Å²) in [5.41, 5.74) is 0.0566. The molecule has 2 N–H and O–H groups in total. The first-order chi connectivity index (χ1) is 10.7. The fourth-order valence-electron chi connectivity index (χ4n) is 3.08. The second-order valence-electron chi connectivity index (χ2n) is 7.15. The number of carbonyl (C=O) groups excluding carboxylic acids is 1. The molecule has 0 bridgehead atoms. The standard InChI is InChI=1S/C18H25NO4/c1-17(2,3)23-16(22)19-14-9-7-13(8-10-14)18(15(20)21)11-5-4-6-12-18/h7-10H,4-6,11-12H2,1-3H3,(H,19,22)(H,20,21). The van der Waals surface area contributed by atoms with Gasteiger partial charge in [0, 0.05) is 5.69 Å². The first kappa shape index (κ1) is 17.3. The first-order valence-electron chi connectivity index (χ1n) is 8.07. The molecule has 1 saturated carbocycles. The van der Waals surface area contributed by atoms with Gasteiger partial charge in [-0.15, -0.1) is 0 Å². The Kier molecular flexibility index (Phi) is 4.97. The summed E-state index contributed by atoms with van der Waals surface area (Å²) in [6.45, 7) is 5.40. The lowest BCUT2D eigenvalue weighted by molar-refractivity contribution is -0.145. The van der Waals surface area contributed by atoms with Crippen LogP contribution in [0, 0.1) is 0 Å². The van der Waals surface area contributed by atoms with Crippen molar-refractivity contribution in [2.24, 2.45) is 0 Å². The molecular weight excluding hydrogens is 294 g/mol. The zero-order chi connectivity index (χ0) is 17.1. The van der Waals surface area contributed by atoms with Crippen LogP contribution in [0.25, 0.3) is 0 Å². The lowest BCUT2D eigenvalue weighted by Crippen LogP contribution is -2.37. The molecule has 0 aromatic heterocycles. The Balaban J connectivity index is 2.12. The number of hydrogen-bond donors (Lipinski definition) is 2. The van der Waals surface area contributed by atoms with Gasteiger partial charge in [-0.05, 0) is 51.3 Å². The molecule has 1 aliphatic rings. The van der Waals surface area contributed by atoms with E-state index in [-0.39, 0.29) is 0 Å². The van der Waals surface area contributed by atoms with E-state index < -0.39 is 23.1 Å². The molecule has 1 amide bonds. The van der Waals surface area contributed by atoms with Gasteiger partial charge in [0.15, 0.2) is 0 Å². The average molecular weight is 319 g/mol. The lowest BCUT2D eigenvalue weighted by Gasteiger charge is -2.33. The lowest BCUT2D eigenvalue weighted by atomic mass is 9.69. The van der Waals surface area contributed by atoms with E-state index in [0.29, 0.717) is 18.5 Å². The minimum atomic E-state index is -0.789. The molecule has 126 valence electrons. The van der Waals surface area contributed by atoms with Gasteiger partial charge in [0.1, 0.15) is 5.60 Å². The summed E-state index contributed by atoms with van der Waals surface area (Å²) in [7, 11) is 0. The Morgan fingerprint density at radius 1 is 1.09 bits per heavy atom. The molecule has 0 spiro atoms. The van der Waals surface area contributed by atoms with Crippen molar-refractivity contribution in [2.45, 2.75) is 63.9 Å². The van der Waals surface area contributed by atoms with Gasteiger partial charge in [-0.1, -0.05) is 31.4 Å². The van der Waals surface area contributed by atoms with Gasteiger partial charge in [0.25, 0.3) is 0 Å². The highest BCUT2D eigenvalue weighted by molar-refractivity contribution is 5.85. The Morgan fingerprint density at radius 3 is 2.13 bits per heavy atom. The predicted octanol–water partition coefficient (Wildman–Crippen LogP) is 4.32. The van der Waals surface area contributed by atoms with Gasteiger partial charge in [-0.25, -0.2) is 4.79 Å². The molecular formula is C18H25NO4. The van der Waals surface area contributed by atoms with Crippen LogP contribution >= 0.6 is 0 Å². The van der Waals surface area contributed by atoms with E-state index >= 15 is 0 Å². The van der Waals surface area contributed by atoms with E-state index in [1.54, 1.807) is 45.0 Å². The zero-order valence-electron chi connectivity index (χ0n) is 14.0. The van der Waals surface area contributed by atoms with Crippen molar-refractivity contribution < 1.29 is 19.4 Å². The fraction of sp³-hybridized carbons (Fsp3) is 0.556. The monoisotopic (exact) mass is 319 g/mol. The number of ether oxygens (including phenoxy) is 1. The minimum absolute atomic E-state index is 0.518. The normalized spacial score (nSPS) is 17.3. The number of carboxylic acid groups (broad SMARTS) is 1. The number of carboxylic acids is 1. The van der Waals surface area contributed by atoms with Crippen LogP contribution in [-0.4, -0.2) is 22.8 Å². The highest BCUT2D eigenvalue weighted by Gasteiger charge is 2.41. The van der Waals surface area contributed by atoms with Crippen LogP contribution in [0.3, 0.4) is 0 Å². The zero-order valence-corrected chi connectivity index (χ0v) is 14.0. The van der Waals surface area contributed by atoms with Crippen LogP contribution < -0.4 is 5.32 Å². The van der Waals surface area contributed by atoms with Crippen LogP contribution in [0.4, 0.5) is 10.5 Å². The maximum Gasteiger partial charge on any atom is 0.412 e. The number of hydrogen-bond acceptors (Lipinski definition) is 3. The van der Waals surface area contributed by atoms with Gasteiger partial charge in [-0.2, -0.15) is 0 Å². The van der Waals surface area contributed by atoms with Crippen molar-refractivity contribution in [3.63, 3.8) is 0 Å². The van der Waals surface area contributed by atoms with E-state index in [2.05, 4.69) is 5.32 Å². The van der Waals surface area contributed by atoms with Gasteiger partial charge in [-0.3, -0.25) is 10.1 Å². The highest BCUT2D eigenvalue weighted by atomic mass is 16.6. The Morgan fingerprint density at radius 2 is 1.65 bits per heavy atom. The Hall–Kier alpha value is -2.04. The first-order valence-corrected chi connectivity index (χ1v) is 8.07. The van der Waals surface area contributed by atoms with Crippen molar-refractivity contribution in [3.8, 4) is 0 Å². The molecule has 1 aromatic carbocycles. The molecule has 0 radical (unpaired) electrons. The van der Waals surface area contributed by atoms with E-state index in [4.69, 9.17) is 4.74 Å². The number of nitrogens with one attached hydrogen (secondary N) is 1. The van der Waals surface area contributed by atoms with Crippen molar-refractivity contribution in [2.75, 3.05) is 5.32 Å². The molecule has 2 rings (SSSR count). The van der Waals surface area contributed by atoms with Crippen LogP contribution in [0.15, 0.2) is 24.3 Å². The number of aliphatic carboxylic acids is 1. The summed E-state index contributed by atoms with van der Waals surface area (Å²) in [4.78, 5) is 23.6. The summed E-state index contributed by atoms with van der Waals surface area (Å²) in [5, 5.41) is 12.4. The van der Waals surface area contributed by atoms with Gasteiger partial charge in [0.05, 0.1) is 5.41 Å². The van der Waals surface area contributed by atoms with Gasteiger partial charge >= 0.3 is 12.1 Å². The second-order valence-corrected chi connectivity index (χ2v) is 7.15. The third-order valence-electron chi connectivity index (χ3n) is 4.20. The van der Waals surface area contributed by atoms with Gasteiger partial charge < -0.3 is 9.84 Å². The molecule has 5 nitrogen and oxygen atoms in total. The summed E-state index contributed by atoms with van der Waals surface area (Å²) in [5.74, 6) is -0.759. The number of anilines is 1. The van der Waals surface area contributed by atoms with Crippen molar-refractivity contribution in [1.29, 1.82) is 0 Å². The predicted molar refractivity (Wildman–Crippen MR) is 88.7 cm³/mol. The SMILES string of the molecule is CC(C)(C)OC(=O)Nc1ccc(C2(C(=O)O)CCCCC2)cc1. The van der Waals surface area contributed by atoms with Crippen LogP contribution in [0.5, 0.6) is 0 Å². The number of rotatable bonds is 3. The number of carbonyl (C=O) groups is 2. The molecule has 23 heavy (non-hydrogen) atoms. The summed E-state index contributed by atoms with van der Waals surface area (Å²) in [6, 6.07) is 7.06.